The summed E-state index contributed by atoms with van der Waals surface area (Å²) >= 11 is 2.99. The quantitative estimate of drug-likeness (QED) is 0.633. The molecule has 1 aliphatic rings. The Bertz CT molecular complexity index is 1070. The van der Waals surface area contributed by atoms with Crippen LogP contribution in [0.5, 0.6) is 0 Å². The molecule has 1 aromatic carbocycles. The molecular weight excluding hydrogens is 400 g/mol. The van der Waals surface area contributed by atoms with E-state index in [4.69, 9.17) is 0 Å². The van der Waals surface area contributed by atoms with E-state index in [0.29, 0.717) is 12.2 Å². The van der Waals surface area contributed by atoms with E-state index in [0.717, 1.165) is 27.6 Å². The summed E-state index contributed by atoms with van der Waals surface area (Å²) in [6.45, 7) is 2.00. The number of thiophene rings is 1. The van der Waals surface area contributed by atoms with Crippen molar-refractivity contribution < 1.29 is 13.2 Å². The zero-order valence-electron chi connectivity index (χ0n) is 14.7. The van der Waals surface area contributed by atoms with Gasteiger partial charge in [-0.25, -0.2) is 13.4 Å². The normalized spacial score (nSPS) is 14.9. The van der Waals surface area contributed by atoms with Gasteiger partial charge in [0.25, 0.3) is 0 Å². The van der Waals surface area contributed by atoms with Gasteiger partial charge in [0.15, 0.2) is 9.84 Å². The van der Waals surface area contributed by atoms with Crippen LogP contribution in [0.4, 0.5) is 5.69 Å². The number of hydrogen-bond acceptors (Lipinski definition) is 6. The van der Waals surface area contributed by atoms with Crippen molar-refractivity contribution in [2.45, 2.75) is 24.3 Å². The van der Waals surface area contributed by atoms with E-state index >= 15 is 0 Å². The first-order valence-electron chi connectivity index (χ1n) is 8.55. The van der Waals surface area contributed by atoms with Crippen LogP contribution in [0.3, 0.4) is 0 Å². The Labute approximate surface area is 166 Å². The van der Waals surface area contributed by atoms with Crippen LogP contribution in [-0.4, -0.2) is 31.1 Å². The molecular formula is C19H18N2O3S3. The van der Waals surface area contributed by atoms with Gasteiger partial charge in [-0.05, 0) is 36.4 Å². The number of thiazole rings is 1. The summed E-state index contributed by atoms with van der Waals surface area (Å²) < 4.78 is 25.7. The van der Waals surface area contributed by atoms with Crippen molar-refractivity contribution in [3.05, 3.63) is 58.4 Å². The molecule has 1 aliphatic heterocycles. The van der Waals surface area contributed by atoms with Crippen LogP contribution in [0.1, 0.15) is 18.2 Å². The summed E-state index contributed by atoms with van der Waals surface area (Å²) in [4.78, 5) is 19.9. The number of fused-ring (bicyclic) bond motifs is 1. The lowest BCUT2D eigenvalue weighted by Crippen LogP contribution is -2.41. The SMILES string of the molecule is C[C@@H](C(=O)N1CCc2ccccc21)S(=O)(=O)Cc1csc(-c2cccs2)n1. The molecule has 0 unspecified atom stereocenters. The number of benzene rings is 1. The van der Waals surface area contributed by atoms with E-state index < -0.39 is 15.1 Å². The summed E-state index contributed by atoms with van der Waals surface area (Å²) in [5.74, 6) is -0.592. The first-order valence-corrected chi connectivity index (χ1v) is 12.0. The van der Waals surface area contributed by atoms with Crippen LogP contribution < -0.4 is 4.90 Å². The Hall–Kier alpha value is -2.03. The van der Waals surface area contributed by atoms with Crippen LogP contribution in [0.2, 0.25) is 0 Å². The van der Waals surface area contributed by atoms with Crippen LogP contribution in [0, 0.1) is 0 Å². The zero-order chi connectivity index (χ0) is 19.0. The predicted octanol–water partition coefficient (Wildman–Crippen LogP) is 3.76. The molecule has 0 aliphatic carbocycles. The number of para-hydroxylation sites is 1. The van der Waals surface area contributed by atoms with Crippen LogP contribution in [-0.2, 0) is 26.8 Å². The average Bonchev–Trinajstić information content (AvgIpc) is 3.39. The van der Waals surface area contributed by atoms with Crippen molar-refractivity contribution >= 4 is 44.1 Å². The maximum absolute atomic E-state index is 12.9. The fourth-order valence-electron chi connectivity index (χ4n) is 3.16. The monoisotopic (exact) mass is 418 g/mol. The first kappa shape index (κ1) is 18.3. The van der Waals surface area contributed by atoms with Crippen molar-refractivity contribution in [3.8, 4) is 9.88 Å². The highest BCUT2D eigenvalue weighted by Gasteiger charge is 2.35. The van der Waals surface area contributed by atoms with E-state index in [9.17, 15) is 13.2 Å². The van der Waals surface area contributed by atoms with Gasteiger partial charge in [0.05, 0.1) is 16.3 Å². The summed E-state index contributed by atoms with van der Waals surface area (Å²) in [5, 5.41) is 3.43. The predicted molar refractivity (Wildman–Crippen MR) is 110 cm³/mol. The molecule has 0 radical (unpaired) electrons. The number of anilines is 1. The number of aromatic nitrogens is 1. The third kappa shape index (κ3) is 3.56. The Morgan fingerprint density at radius 3 is 2.81 bits per heavy atom. The van der Waals surface area contributed by atoms with Gasteiger partial charge >= 0.3 is 0 Å². The third-order valence-corrected chi connectivity index (χ3v) is 8.58. The van der Waals surface area contributed by atoms with Gasteiger partial charge < -0.3 is 4.90 Å². The molecule has 8 heteroatoms. The van der Waals surface area contributed by atoms with Gasteiger partial charge in [-0.15, -0.1) is 22.7 Å². The molecule has 1 atom stereocenters. The highest BCUT2D eigenvalue weighted by Crippen LogP contribution is 2.30. The van der Waals surface area contributed by atoms with Crippen molar-refractivity contribution in [2.24, 2.45) is 0 Å². The molecule has 0 bridgehead atoms. The van der Waals surface area contributed by atoms with Gasteiger partial charge in [-0.3, -0.25) is 4.79 Å². The highest BCUT2D eigenvalue weighted by molar-refractivity contribution is 7.92. The second-order valence-corrected chi connectivity index (χ2v) is 10.6. The molecule has 0 saturated carbocycles. The fourth-order valence-corrected chi connectivity index (χ4v) is 6.14. The van der Waals surface area contributed by atoms with Crippen molar-refractivity contribution in [1.82, 2.24) is 4.98 Å². The number of nitrogens with zero attached hydrogens (tertiary/aromatic N) is 2. The molecule has 5 nitrogen and oxygen atoms in total. The van der Waals surface area contributed by atoms with Gasteiger partial charge in [0.2, 0.25) is 5.91 Å². The Morgan fingerprint density at radius 1 is 1.22 bits per heavy atom. The molecule has 1 amide bonds. The lowest BCUT2D eigenvalue weighted by atomic mass is 10.2. The topological polar surface area (TPSA) is 67.3 Å². The number of carbonyl (C=O) groups is 1. The summed E-state index contributed by atoms with van der Waals surface area (Å²) in [7, 11) is -3.65. The Morgan fingerprint density at radius 2 is 2.04 bits per heavy atom. The minimum absolute atomic E-state index is 0.225. The van der Waals surface area contributed by atoms with Crippen molar-refractivity contribution in [2.75, 3.05) is 11.4 Å². The van der Waals surface area contributed by atoms with E-state index in [1.807, 2.05) is 41.8 Å². The number of carbonyl (C=O) groups excluding carboxylic acids is 1. The molecule has 0 N–H and O–H groups in total. The van der Waals surface area contributed by atoms with Gasteiger partial charge in [-0.1, -0.05) is 24.3 Å². The van der Waals surface area contributed by atoms with Crippen LogP contribution in [0.15, 0.2) is 47.2 Å². The Balaban J connectivity index is 1.51. The summed E-state index contributed by atoms with van der Waals surface area (Å²) in [6, 6.07) is 11.5. The molecule has 0 spiro atoms. The molecule has 27 heavy (non-hydrogen) atoms. The molecule has 4 rings (SSSR count). The van der Waals surface area contributed by atoms with E-state index in [1.165, 1.54) is 18.3 Å². The summed E-state index contributed by atoms with van der Waals surface area (Å²) in [5.41, 5.74) is 2.39. The number of rotatable bonds is 5. The molecule has 0 saturated heterocycles. The Kier molecular flexibility index (Phi) is 4.88. The zero-order valence-corrected chi connectivity index (χ0v) is 17.1. The standard InChI is InChI=1S/C19H18N2O3S3/c1-13(19(22)21-9-8-14-5-2-3-6-16(14)21)27(23,24)12-15-11-26-18(20-15)17-7-4-10-25-17/h2-7,10-11,13H,8-9,12H2,1H3/t13-/m0/s1. The first-order chi connectivity index (χ1) is 13.0. The maximum Gasteiger partial charge on any atom is 0.245 e. The van der Waals surface area contributed by atoms with Crippen LogP contribution in [0.25, 0.3) is 9.88 Å². The number of hydrogen-bond donors (Lipinski definition) is 0. The molecule has 3 aromatic rings. The minimum Gasteiger partial charge on any atom is -0.311 e. The summed E-state index contributed by atoms with van der Waals surface area (Å²) in [6.07, 6.45) is 0.755. The maximum atomic E-state index is 12.9. The lowest BCUT2D eigenvalue weighted by Gasteiger charge is -2.21. The number of amides is 1. The average molecular weight is 419 g/mol. The third-order valence-electron chi connectivity index (χ3n) is 4.67. The van der Waals surface area contributed by atoms with Gasteiger partial charge in [0, 0.05) is 17.6 Å². The lowest BCUT2D eigenvalue weighted by molar-refractivity contribution is -0.117. The number of sulfone groups is 1. The minimum atomic E-state index is -3.65. The largest absolute Gasteiger partial charge is 0.311 e. The van der Waals surface area contributed by atoms with Gasteiger partial charge in [0.1, 0.15) is 10.3 Å². The van der Waals surface area contributed by atoms with E-state index in [-0.39, 0.29) is 11.7 Å². The van der Waals surface area contributed by atoms with E-state index in [2.05, 4.69) is 4.98 Å². The highest BCUT2D eigenvalue weighted by atomic mass is 32.2. The molecule has 2 aromatic heterocycles. The molecule has 3 heterocycles. The van der Waals surface area contributed by atoms with Crippen LogP contribution >= 0.6 is 22.7 Å². The van der Waals surface area contributed by atoms with Crippen molar-refractivity contribution in [1.29, 1.82) is 0 Å². The smallest absolute Gasteiger partial charge is 0.245 e. The van der Waals surface area contributed by atoms with Gasteiger partial charge in [-0.2, -0.15) is 0 Å². The van der Waals surface area contributed by atoms with Crippen molar-refractivity contribution in [3.63, 3.8) is 0 Å². The molecule has 0 fully saturated rings. The molecule has 140 valence electrons. The fraction of sp³-hybridized carbons (Fsp3) is 0.263. The second kappa shape index (κ2) is 7.18. The second-order valence-electron chi connectivity index (χ2n) is 6.44. The van der Waals surface area contributed by atoms with E-state index in [1.54, 1.807) is 21.6 Å².